The van der Waals surface area contributed by atoms with Gasteiger partial charge in [-0.3, -0.25) is 4.79 Å². The molecule has 2 atom stereocenters. The minimum Gasteiger partial charge on any atom is -0.497 e. The van der Waals surface area contributed by atoms with E-state index in [4.69, 9.17) is 21.1 Å². The number of hydrogen-bond acceptors (Lipinski definition) is 4. The lowest BCUT2D eigenvalue weighted by Crippen LogP contribution is -2.41. The second-order valence-electron chi connectivity index (χ2n) is 7.85. The Bertz CT molecular complexity index is 1150. The van der Waals surface area contributed by atoms with E-state index in [1.165, 1.54) is 4.90 Å². The molecule has 0 aromatic heterocycles. The lowest BCUT2D eigenvalue weighted by molar-refractivity contribution is -0.141. The standard InChI is InChI=1S/C26H24ClNO5/c1-32-19-5-4-6-20(15-19)33-16-17-9-11-18(12-10-17)25(29)28-23(13-14-24(28)26(30)31)21-7-2-3-8-22(21)27/h2-12,15,23-24H,13-14,16H2,1H3,(H,30,31)/t23-,24+/m1/s1. The fourth-order valence-electron chi connectivity index (χ4n) is 4.14. The molecule has 170 valence electrons. The van der Waals surface area contributed by atoms with Gasteiger partial charge in [0, 0.05) is 16.7 Å². The first-order valence-corrected chi connectivity index (χ1v) is 11.0. The summed E-state index contributed by atoms with van der Waals surface area (Å²) in [5.74, 6) is 0.0462. The molecular formula is C26H24ClNO5. The smallest absolute Gasteiger partial charge is 0.326 e. The molecule has 3 aromatic carbocycles. The zero-order valence-electron chi connectivity index (χ0n) is 18.1. The highest BCUT2D eigenvalue weighted by molar-refractivity contribution is 6.31. The van der Waals surface area contributed by atoms with Gasteiger partial charge in [0.2, 0.25) is 0 Å². The highest BCUT2D eigenvalue weighted by Crippen LogP contribution is 2.40. The third-order valence-electron chi connectivity index (χ3n) is 5.82. The van der Waals surface area contributed by atoms with Crippen LogP contribution in [0, 0.1) is 0 Å². The molecule has 4 rings (SSSR count). The van der Waals surface area contributed by atoms with Crippen LogP contribution in [0.25, 0.3) is 0 Å². The van der Waals surface area contributed by atoms with Gasteiger partial charge in [-0.15, -0.1) is 0 Å². The average molecular weight is 466 g/mol. The number of methoxy groups -OCH3 is 1. The average Bonchev–Trinajstić information content (AvgIpc) is 3.28. The predicted octanol–water partition coefficient (Wildman–Crippen LogP) is 5.36. The van der Waals surface area contributed by atoms with E-state index >= 15 is 0 Å². The molecule has 1 aliphatic heterocycles. The quantitative estimate of drug-likeness (QED) is 0.508. The second kappa shape index (κ2) is 9.96. The largest absolute Gasteiger partial charge is 0.497 e. The number of carbonyl (C=O) groups excluding carboxylic acids is 1. The maximum Gasteiger partial charge on any atom is 0.326 e. The Balaban J connectivity index is 1.51. The zero-order chi connectivity index (χ0) is 23.4. The van der Waals surface area contributed by atoms with Crippen molar-refractivity contribution in [3.8, 4) is 11.5 Å². The molecule has 0 unspecified atom stereocenters. The first-order valence-electron chi connectivity index (χ1n) is 10.6. The molecule has 1 N–H and O–H groups in total. The molecule has 0 bridgehead atoms. The Morgan fingerprint density at radius 1 is 1.00 bits per heavy atom. The van der Waals surface area contributed by atoms with Crippen molar-refractivity contribution in [1.29, 1.82) is 0 Å². The summed E-state index contributed by atoms with van der Waals surface area (Å²) >= 11 is 6.37. The van der Waals surface area contributed by atoms with Crippen LogP contribution < -0.4 is 9.47 Å². The second-order valence-corrected chi connectivity index (χ2v) is 8.25. The van der Waals surface area contributed by atoms with Crippen molar-refractivity contribution in [2.24, 2.45) is 0 Å². The molecule has 1 fully saturated rings. The first-order chi connectivity index (χ1) is 16.0. The van der Waals surface area contributed by atoms with Crippen LogP contribution in [0.15, 0.2) is 72.8 Å². The number of carboxylic acid groups (broad SMARTS) is 1. The molecule has 1 amide bonds. The van der Waals surface area contributed by atoms with Crippen LogP contribution >= 0.6 is 11.6 Å². The molecule has 0 spiro atoms. The number of amides is 1. The van der Waals surface area contributed by atoms with Gasteiger partial charge in [-0.2, -0.15) is 0 Å². The van der Waals surface area contributed by atoms with Crippen LogP contribution in [0.1, 0.15) is 40.4 Å². The van der Waals surface area contributed by atoms with Crippen LogP contribution in [0.4, 0.5) is 0 Å². The Hall–Kier alpha value is -3.51. The number of benzene rings is 3. The highest BCUT2D eigenvalue weighted by Gasteiger charge is 2.42. The molecule has 33 heavy (non-hydrogen) atoms. The van der Waals surface area contributed by atoms with Gasteiger partial charge in [-0.05, 0) is 54.3 Å². The summed E-state index contributed by atoms with van der Waals surface area (Å²) in [5.41, 5.74) is 2.07. The van der Waals surface area contributed by atoms with Crippen LogP contribution in [0.2, 0.25) is 5.02 Å². The van der Waals surface area contributed by atoms with Gasteiger partial charge in [0.05, 0.1) is 13.2 Å². The summed E-state index contributed by atoms with van der Waals surface area (Å²) in [6.45, 7) is 0.325. The van der Waals surface area contributed by atoms with Crippen molar-refractivity contribution < 1.29 is 24.2 Å². The SMILES string of the molecule is COc1cccc(OCc2ccc(C(=O)N3[C@@H](c4ccccc4Cl)CC[C@H]3C(=O)O)cc2)c1. The highest BCUT2D eigenvalue weighted by atomic mass is 35.5. The van der Waals surface area contributed by atoms with E-state index in [1.807, 2.05) is 48.5 Å². The van der Waals surface area contributed by atoms with E-state index in [9.17, 15) is 14.7 Å². The van der Waals surface area contributed by atoms with Gasteiger partial charge in [0.1, 0.15) is 24.1 Å². The molecule has 0 saturated carbocycles. The molecule has 3 aromatic rings. The normalized spacial score (nSPS) is 17.6. The molecule has 1 aliphatic rings. The van der Waals surface area contributed by atoms with E-state index in [0.29, 0.717) is 41.5 Å². The molecule has 1 heterocycles. The lowest BCUT2D eigenvalue weighted by Gasteiger charge is -2.29. The number of hydrogen-bond donors (Lipinski definition) is 1. The van der Waals surface area contributed by atoms with Gasteiger partial charge in [0.15, 0.2) is 0 Å². The number of likely N-dealkylation sites (tertiary alicyclic amines) is 1. The first kappa shape index (κ1) is 22.7. The third kappa shape index (κ3) is 4.96. The number of rotatable bonds is 7. The predicted molar refractivity (Wildman–Crippen MR) is 125 cm³/mol. The molecule has 1 saturated heterocycles. The van der Waals surface area contributed by atoms with Crippen LogP contribution in [-0.4, -0.2) is 35.0 Å². The Labute approximate surface area is 197 Å². The van der Waals surface area contributed by atoms with Gasteiger partial charge in [-0.1, -0.05) is 48.0 Å². The topological polar surface area (TPSA) is 76.1 Å². The van der Waals surface area contributed by atoms with Crippen LogP contribution in [0.3, 0.4) is 0 Å². The van der Waals surface area contributed by atoms with Crippen molar-refractivity contribution in [2.45, 2.75) is 31.5 Å². The number of aliphatic carboxylic acids is 1. The zero-order valence-corrected chi connectivity index (χ0v) is 18.9. The molecule has 0 aliphatic carbocycles. The summed E-state index contributed by atoms with van der Waals surface area (Å²) in [5, 5.41) is 10.2. The Kier molecular flexibility index (Phi) is 6.84. The lowest BCUT2D eigenvalue weighted by atomic mass is 10.0. The van der Waals surface area contributed by atoms with Gasteiger partial charge in [0.25, 0.3) is 5.91 Å². The van der Waals surface area contributed by atoms with E-state index in [2.05, 4.69) is 0 Å². The fourth-order valence-corrected chi connectivity index (χ4v) is 4.40. The number of ether oxygens (including phenoxy) is 2. The van der Waals surface area contributed by atoms with Crippen molar-refractivity contribution in [3.63, 3.8) is 0 Å². The minimum absolute atomic E-state index is 0.325. The Morgan fingerprint density at radius 2 is 1.73 bits per heavy atom. The van der Waals surface area contributed by atoms with E-state index in [-0.39, 0.29) is 11.9 Å². The van der Waals surface area contributed by atoms with Crippen molar-refractivity contribution in [1.82, 2.24) is 4.90 Å². The molecule has 0 radical (unpaired) electrons. The van der Waals surface area contributed by atoms with Crippen LogP contribution in [-0.2, 0) is 11.4 Å². The van der Waals surface area contributed by atoms with Gasteiger partial charge >= 0.3 is 5.97 Å². The van der Waals surface area contributed by atoms with Crippen LogP contribution in [0.5, 0.6) is 11.5 Å². The maximum absolute atomic E-state index is 13.4. The number of nitrogens with zero attached hydrogens (tertiary/aromatic N) is 1. The van der Waals surface area contributed by atoms with E-state index < -0.39 is 12.0 Å². The van der Waals surface area contributed by atoms with E-state index in [1.54, 1.807) is 31.4 Å². The molecule has 7 heteroatoms. The molecule has 6 nitrogen and oxygen atoms in total. The van der Waals surface area contributed by atoms with Crippen molar-refractivity contribution >= 4 is 23.5 Å². The number of carbonyl (C=O) groups is 2. The summed E-state index contributed by atoms with van der Waals surface area (Å²) < 4.78 is 11.0. The summed E-state index contributed by atoms with van der Waals surface area (Å²) in [6, 6.07) is 20.3. The van der Waals surface area contributed by atoms with Gasteiger partial charge in [-0.25, -0.2) is 4.79 Å². The third-order valence-corrected chi connectivity index (χ3v) is 6.16. The summed E-state index contributed by atoms with van der Waals surface area (Å²) in [7, 11) is 1.60. The summed E-state index contributed by atoms with van der Waals surface area (Å²) in [6.07, 6.45) is 0.919. The van der Waals surface area contributed by atoms with Gasteiger partial charge < -0.3 is 19.5 Å². The number of carboxylic acids is 1. The Morgan fingerprint density at radius 3 is 2.42 bits per heavy atom. The van der Waals surface area contributed by atoms with Crippen molar-refractivity contribution in [3.05, 3.63) is 94.5 Å². The minimum atomic E-state index is -1.01. The monoisotopic (exact) mass is 465 g/mol. The van der Waals surface area contributed by atoms with Crippen molar-refractivity contribution in [2.75, 3.05) is 7.11 Å². The number of halogens is 1. The maximum atomic E-state index is 13.4. The molecular weight excluding hydrogens is 442 g/mol. The van der Waals surface area contributed by atoms with E-state index in [0.717, 1.165) is 11.1 Å². The fraction of sp³-hybridized carbons (Fsp3) is 0.231. The summed E-state index contributed by atoms with van der Waals surface area (Å²) in [4.78, 5) is 26.7.